The van der Waals surface area contributed by atoms with Gasteiger partial charge in [0, 0.05) is 0 Å². The van der Waals surface area contributed by atoms with Crippen LogP contribution >= 0.6 is 0 Å². The van der Waals surface area contributed by atoms with Crippen molar-refractivity contribution < 1.29 is 12.6 Å². The lowest BCUT2D eigenvalue weighted by molar-refractivity contribution is 0.267. The molecule has 0 N–H and O–H groups in total. The molecule has 0 fully saturated rings. The molecule has 0 rings (SSSR count). The molecule has 0 aromatic heterocycles. The zero-order valence-electron chi connectivity index (χ0n) is 16.6. The molecule has 0 heterocycles. The standard InChI is InChI=1S/C19H41NO3S/c1-5-7-8-9-10-11-12-13-14-15-16-17-18-23-24(21,22)19(6-2)20(3)4/h19H,5-18H2,1-4H3. The summed E-state index contributed by atoms with van der Waals surface area (Å²) in [7, 11) is 0.0930. The molecule has 0 aromatic rings. The molecule has 1 atom stereocenters. The second kappa shape index (κ2) is 15.2. The van der Waals surface area contributed by atoms with Crippen molar-refractivity contribution in [2.45, 2.75) is 103 Å². The summed E-state index contributed by atoms with van der Waals surface area (Å²) in [5.74, 6) is 0. The maximum atomic E-state index is 12.0. The molecule has 0 bridgehead atoms. The minimum atomic E-state index is -3.46. The Labute approximate surface area is 151 Å². The highest BCUT2D eigenvalue weighted by Gasteiger charge is 2.26. The van der Waals surface area contributed by atoms with Crippen LogP contribution in [0, 0.1) is 0 Å². The third kappa shape index (κ3) is 12.3. The average molecular weight is 364 g/mol. The number of unbranched alkanes of at least 4 members (excludes halogenated alkanes) is 11. The second-order valence-electron chi connectivity index (χ2n) is 7.03. The minimum Gasteiger partial charge on any atom is -0.291 e. The van der Waals surface area contributed by atoms with E-state index in [4.69, 9.17) is 4.18 Å². The zero-order chi connectivity index (χ0) is 18.3. The van der Waals surface area contributed by atoms with Crippen LogP contribution in [-0.2, 0) is 14.3 Å². The van der Waals surface area contributed by atoms with Crippen LogP contribution in [0.5, 0.6) is 0 Å². The fourth-order valence-corrected chi connectivity index (χ4v) is 4.46. The smallest absolute Gasteiger partial charge is 0.283 e. The largest absolute Gasteiger partial charge is 0.291 e. The van der Waals surface area contributed by atoms with Crippen LogP contribution in [0.4, 0.5) is 0 Å². The Kier molecular flexibility index (Phi) is 15.1. The van der Waals surface area contributed by atoms with Crippen molar-refractivity contribution in [3.8, 4) is 0 Å². The first-order valence-corrected chi connectivity index (χ1v) is 11.5. The monoisotopic (exact) mass is 363 g/mol. The van der Waals surface area contributed by atoms with Gasteiger partial charge in [-0.15, -0.1) is 0 Å². The fourth-order valence-electron chi connectivity index (χ4n) is 3.02. The Morgan fingerprint density at radius 1 is 0.750 bits per heavy atom. The highest BCUT2D eigenvalue weighted by atomic mass is 32.2. The Hall–Kier alpha value is -0.130. The summed E-state index contributed by atoms with van der Waals surface area (Å²) in [4.78, 5) is 1.71. The summed E-state index contributed by atoms with van der Waals surface area (Å²) in [5, 5.41) is -0.533. The molecule has 0 aliphatic heterocycles. The van der Waals surface area contributed by atoms with Gasteiger partial charge >= 0.3 is 0 Å². The van der Waals surface area contributed by atoms with Gasteiger partial charge in [0.2, 0.25) is 0 Å². The van der Waals surface area contributed by atoms with Crippen LogP contribution in [0.3, 0.4) is 0 Å². The van der Waals surface area contributed by atoms with Gasteiger partial charge in [0.15, 0.2) is 0 Å². The lowest BCUT2D eigenvalue weighted by atomic mass is 10.1. The van der Waals surface area contributed by atoms with Crippen LogP contribution < -0.4 is 0 Å². The van der Waals surface area contributed by atoms with E-state index in [0.29, 0.717) is 13.0 Å². The van der Waals surface area contributed by atoms with Crippen LogP contribution in [-0.4, -0.2) is 39.4 Å². The molecular weight excluding hydrogens is 322 g/mol. The molecule has 0 aliphatic rings. The molecular formula is C19H41NO3S. The van der Waals surface area contributed by atoms with Gasteiger partial charge in [0.1, 0.15) is 5.37 Å². The maximum Gasteiger partial charge on any atom is 0.283 e. The predicted octanol–water partition coefficient (Wildman–Crippen LogP) is 5.33. The first-order valence-electron chi connectivity index (χ1n) is 10.00. The van der Waals surface area contributed by atoms with Crippen LogP contribution in [0.2, 0.25) is 0 Å². The number of hydrogen-bond acceptors (Lipinski definition) is 4. The molecule has 0 aromatic carbocycles. The molecule has 5 heteroatoms. The minimum absolute atomic E-state index is 0.324. The summed E-state index contributed by atoms with van der Waals surface area (Å²) in [6.07, 6.45) is 15.8. The maximum absolute atomic E-state index is 12.0. The number of nitrogens with zero attached hydrogens (tertiary/aromatic N) is 1. The summed E-state index contributed by atoms with van der Waals surface area (Å²) in [6, 6.07) is 0. The molecule has 0 aliphatic carbocycles. The molecule has 1 unspecified atom stereocenters. The molecule has 0 radical (unpaired) electrons. The summed E-state index contributed by atoms with van der Waals surface area (Å²) < 4.78 is 29.2. The van der Waals surface area contributed by atoms with Crippen LogP contribution in [0.15, 0.2) is 0 Å². The van der Waals surface area contributed by atoms with Gasteiger partial charge in [-0.05, 0) is 26.9 Å². The van der Waals surface area contributed by atoms with Crippen molar-refractivity contribution in [2.24, 2.45) is 0 Å². The first kappa shape index (κ1) is 23.9. The summed E-state index contributed by atoms with van der Waals surface area (Å²) in [5.41, 5.74) is 0. The van der Waals surface area contributed by atoms with Crippen LogP contribution in [0.1, 0.15) is 97.3 Å². The Bertz CT molecular complexity index is 369. The van der Waals surface area contributed by atoms with E-state index in [1.165, 1.54) is 64.2 Å². The van der Waals surface area contributed by atoms with Crippen molar-refractivity contribution in [1.29, 1.82) is 0 Å². The molecule has 24 heavy (non-hydrogen) atoms. The lowest BCUT2D eigenvalue weighted by Crippen LogP contribution is -2.36. The van der Waals surface area contributed by atoms with Crippen molar-refractivity contribution >= 4 is 10.1 Å². The fraction of sp³-hybridized carbons (Fsp3) is 1.00. The highest BCUT2D eigenvalue weighted by Crippen LogP contribution is 2.14. The summed E-state index contributed by atoms with van der Waals surface area (Å²) in [6.45, 7) is 4.45. The topological polar surface area (TPSA) is 46.6 Å². The van der Waals surface area contributed by atoms with Gasteiger partial charge in [-0.3, -0.25) is 9.08 Å². The average Bonchev–Trinajstić information content (AvgIpc) is 2.51. The third-order valence-corrected chi connectivity index (χ3v) is 6.42. The van der Waals surface area contributed by atoms with E-state index < -0.39 is 15.5 Å². The Balaban J connectivity index is 3.48. The van der Waals surface area contributed by atoms with Gasteiger partial charge in [-0.1, -0.05) is 84.5 Å². The SMILES string of the molecule is CCCCCCCCCCCCCCOS(=O)(=O)C(CC)N(C)C. The van der Waals surface area contributed by atoms with Gasteiger partial charge < -0.3 is 0 Å². The number of hydrogen-bond donors (Lipinski definition) is 0. The van der Waals surface area contributed by atoms with Crippen molar-refractivity contribution in [1.82, 2.24) is 4.90 Å². The van der Waals surface area contributed by atoms with E-state index >= 15 is 0 Å². The molecule has 4 nitrogen and oxygen atoms in total. The van der Waals surface area contributed by atoms with Crippen molar-refractivity contribution in [3.05, 3.63) is 0 Å². The highest BCUT2D eigenvalue weighted by molar-refractivity contribution is 7.87. The van der Waals surface area contributed by atoms with Crippen molar-refractivity contribution in [3.63, 3.8) is 0 Å². The predicted molar refractivity (Wildman–Crippen MR) is 104 cm³/mol. The van der Waals surface area contributed by atoms with E-state index in [1.807, 2.05) is 6.92 Å². The Morgan fingerprint density at radius 2 is 1.17 bits per heavy atom. The lowest BCUT2D eigenvalue weighted by Gasteiger charge is -2.22. The van der Waals surface area contributed by atoms with E-state index in [1.54, 1.807) is 19.0 Å². The van der Waals surface area contributed by atoms with Gasteiger partial charge in [-0.2, -0.15) is 8.42 Å². The van der Waals surface area contributed by atoms with Crippen molar-refractivity contribution in [2.75, 3.05) is 20.7 Å². The molecule has 0 amide bonds. The third-order valence-electron chi connectivity index (χ3n) is 4.50. The zero-order valence-corrected chi connectivity index (χ0v) is 17.4. The van der Waals surface area contributed by atoms with Crippen LogP contribution in [0.25, 0.3) is 0 Å². The molecule has 0 spiro atoms. The quantitative estimate of drug-likeness (QED) is 0.259. The van der Waals surface area contributed by atoms with Gasteiger partial charge in [-0.25, -0.2) is 0 Å². The van der Waals surface area contributed by atoms with Gasteiger partial charge in [0.25, 0.3) is 10.1 Å². The Morgan fingerprint density at radius 3 is 1.54 bits per heavy atom. The van der Waals surface area contributed by atoms with E-state index in [2.05, 4.69) is 6.92 Å². The molecule has 0 saturated carbocycles. The first-order chi connectivity index (χ1) is 11.5. The molecule has 0 saturated heterocycles. The number of rotatable bonds is 17. The normalized spacial score (nSPS) is 13.5. The second-order valence-corrected chi connectivity index (χ2v) is 8.80. The van der Waals surface area contributed by atoms with Gasteiger partial charge in [0.05, 0.1) is 6.61 Å². The molecule has 146 valence electrons. The van der Waals surface area contributed by atoms with E-state index in [9.17, 15) is 8.42 Å². The summed E-state index contributed by atoms with van der Waals surface area (Å²) >= 11 is 0. The van der Waals surface area contributed by atoms with E-state index in [0.717, 1.165) is 12.8 Å². The van der Waals surface area contributed by atoms with E-state index in [-0.39, 0.29) is 0 Å².